The van der Waals surface area contributed by atoms with Gasteiger partial charge in [-0.05, 0) is 36.8 Å². The minimum absolute atomic E-state index is 0.167. The Labute approximate surface area is 127 Å². The molecule has 1 fully saturated rings. The molecular formula is C12H19BrN2O4S. The van der Waals surface area contributed by atoms with Crippen LogP contribution >= 0.6 is 15.9 Å². The number of furan rings is 1. The zero-order valence-corrected chi connectivity index (χ0v) is 14.2. The molecule has 0 atom stereocenters. The smallest absolute Gasteiger partial charge is 0.247 e. The maximum absolute atomic E-state index is 12.7. The Morgan fingerprint density at radius 2 is 2.20 bits per heavy atom. The van der Waals surface area contributed by atoms with E-state index in [-0.39, 0.29) is 9.56 Å². The number of nitrogens with one attached hydrogen (secondary N) is 1. The lowest BCUT2D eigenvalue weighted by Gasteiger charge is -2.37. The van der Waals surface area contributed by atoms with Crippen molar-refractivity contribution >= 4 is 26.0 Å². The molecule has 0 aliphatic carbocycles. The highest BCUT2D eigenvalue weighted by Crippen LogP contribution is 2.31. The first-order chi connectivity index (χ1) is 9.26. The molecule has 0 aromatic carbocycles. The average Bonchev–Trinajstić information content (AvgIpc) is 2.70. The summed E-state index contributed by atoms with van der Waals surface area (Å²) in [6.45, 7) is 5.31. The quantitative estimate of drug-likeness (QED) is 0.875. The molecule has 114 valence electrons. The number of morpholine rings is 1. The Morgan fingerprint density at radius 3 is 2.80 bits per heavy atom. The van der Waals surface area contributed by atoms with Crippen molar-refractivity contribution in [2.45, 2.75) is 30.9 Å². The number of nitrogens with zero attached hydrogens (tertiary/aromatic N) is 1. The summed E-state index contributed by atoms with van der Waals surface area (Å²) < 4.78 is 38.0. The zero-order chi connectivity index (χ0) is 15.0. The molecule has 0 spiro atoms. The Hall–Kier alpha value is -0.410. The van der Waals surface area contributed by atoms with Gasteiger partial charge in [0.05, 0.1) is 18.8 Å². The molecule has 0 radical (unpaired) electrons. The van der Waals surface area contributed by atoms with Crippen molar-refractivity contribution in [3.63, 3.8) is 0 Å². The van der Waals surface area contributed by atoms with Gasteiger partial charge in [0.25, 0.3) is 0 Å². The SMILES string of the molecule is CNCc1cc(S(=O)(=O)N2CCOC(C)(C)C2)c(Br)o1. The van der Waals surface area contributed by atoms with Crippen LogP contribution in [0.3, 0.4) is 0 Å². The molecule has 8 heteroatoms. The van der Waals surface area contributed by atoms with Crippen molar-refractivity contribution in [2.24, 2.45) is 0 Å². The fraction of sp³-hybridized carbons (Fsp3) is 0.667. The summed E-state index contributed by atoms with van der Waals surface area (Å²) in [5.41, 5.74) is -0.477. The van der Waals surface area contributed by atoms with Crippen LogP contribution < -0.4 is 5.32 Å². The first-order valence-electron chi connectivity index (χ1n) is 6.33. The number of hydrogen-bond donors (Lipinski definition) is 1. The average molecular weight is 367 g/mol. The highest BCUT2D eigenvalue weighted by Gasteiger charge is 2.36. The normalized spacial score (nSPS) is 20.2. The molecule has 1 N–H and O–H groups in total. The summed E-state index contributed by atoms with van der Waals surface area (Å²) in [7, 11) is -1.80. The predicted molar refractivity (Wildman–Crippen MR) is 78.0 cm³/mol. The van der Waals surface area contributed by atoms with Gasteiger partial charge in [-0.15, -0.1) is 0 Å². The van der Waals surface area contributed by atoms with E-state index in [9.17, 15) is 8.42 Å². The van der Waals surface area contributed by atoms with E-state index in [1.807, 2.05) is 13.8 Å². The monoisotopic (exact) mass is 366 g/mol. The third kappa shape index (κ3) is 3.25. The summed E-state index contributed by atoms with van der Waals surface area (Å²) >= 11 is 3.19. The van der Waals surface area contributed by atoms with E-state index in [1.54, 1.807) is 13.1 Å². The summed E-state index contributed by atoms with van der Waals surface area (Å²) in [6, 6.07) is 1.55. The molecule has 1 saturated heterocycles. The molecule has 1 aliphatic rings. The molecule has 2 rings (SSSR count). The van der Waals surface area contributed by atoms with Gasteiger partial charge in [-0.3, -0.25) is 0 Å². The van der Waals surface area contributed by atoms with E-state index in [1.165, 1.54) is 4.31 Å². The molecule has 1 aromatic heterocycles. The standard InChI is InChI=1S/C12H19BrN2O4S/c1-12(2)8-15(4-5-18-12)20(16,17)10-6-9(7-14-3)19-11(10)13/h6,14H,4-5,7-8H2,1-3H3. The van der Waals surface area contributed by atoms with Crippen LogP contribution in [0.5, 0.6) is 0 Å². The fourth-order valence-corrected chi connectivity index (χ4v) is 4.69. The molecule has 20 heavy (non-hydrogen) atoms. The predicted octanol–water partition coefficient (Wildman–Crippen LogP) is 1.56. The number of ether oxygens (including phenoxy) is 1. The molecule has 6 nitrogen and oxygen atoms in total. The third-order valence-electron chi connectivity index (χ3n) is 3.07. The van der Waals surface area contributed by atoms with Gasteiger partial charge in [-0.1, -0.05) is 0 Å². The second-order valence-corrected chi connectivity index (χ2v) is 7.95. The van der Waals surface area contributed by atoms with Crippen molar-refractivity contribution < 1.29 is 17.6 Å². The lowest BCUT2D eigenvalue weighted by molar-refractivity contribution is -0.0640. The lowest BCUT2D eigenvalue weighted by atomic mass is 10.1. The first kappa shape index (κ1) is 16.0. The maximum atomic E-state index is 12.7. The van der Waals surface area contributed by atoms with Gasteiger partial charge < -0.3 is 14.5 Å². The number of halogens is 1. The molecule has 1 aromatic rings. The van der Waals surface area contributed by atoms with Crippen LogP contribution in [-0.4, -0.2) is 45.1 Å². The van der Waals surface area contributed by atoms with E-state index >= 15 is 0 Å². The molecule has 0 bridgehead atoms. The van der Waals surface area contributed by atoms with Gasteiger partial charge in [-0.2, -0.15) is 4.31 Å². The van der Waals surface area contributed by atoms with Crippen LogP contribution in [0, 0.1) is 0 Å². The Morgan fingerprint density at radius 1 is 1.50 bits per heavy atom. The minimum atomic E-state index is -3.58. The van der Waals surface area contributed by atoms with E-state index in [0.717, 1.165) is 0 Å². The van der Waals surface area contributed by atoms with Crippen molar-refractivity contribution in [3.8, 4) is 0 Å². The molecular weight excluding hydrogens is 348 g/mol. The van der Waals surface area contributed by atoms with Gasteiger partial charge in [0.1, 0.15) is 10.7 Å². The Kier molecular flexibility index (Phi) is 4.60. The van der Waals surface area contributed by atoms with Gasteiger partial charge in [0.15, 0.2) is 4.67 Å². The second kappa shape index (κ2) is 5.76. The van der Waals surface area contributed by atoms with E-state index < -0.39 is 15.6 Å². The molecule has 2 heterocycles. The van der Waals surface area contributed by atoms with Crippen LogP contribution in [0.25, 0.3) is 0 Å². The molecule has 0 saturated carbocycles. The van der Waals surface area contributed by atoms with Crippen LogP contribution in [0.1, 0.15) is 19.6 Å². The first-order valence-corrected chi connectivity index (χ1v) is 8.56. The van der Waals surface area contributed by atoms with E-state index in [2.05, 4.69) is 21.2 Å². The Balaban J connectivity index is 2.30. The molecule has 0 amide bonds. The maximum Gasteiger partial charge on any atom is 0.247 e. The summed E-state index contributed by atoms with van der Waals surface area (Å²) in [5, 5.41) is 2.93. The largest absolute Gasteiger partial charge is 0.452 e. The van der Waals surface area contributed by atoms with Crippen molar-refractivity contribution in [1.29, 1.82) is 0 Å². The number of hydrogen-bond acceptors (Lipinski definition) is 5. The van der Waals surface area contributed by atoms with Crippen molar-refractivity contribution in [1.82, 2.24) is 9.62 Å². The van der Waals surface area contributed by atoms with E-state index in [0.29, 0.717) is 32.0 Å². The van der Waals surface area contributed by atoms with Crippen molar-refractivity contribution in [3.05, 3.63) is 16.5 Å². The summed E-state index contributed by atoms with van der Waals surface area (Å²) in [5.74, 6) is 0.575. The van der Waals surface area contributed by atoms with Crippen LogP contribution in [-0.2, 0) is 21.3 Å². The molecule has 0 unspecified atom stereocenters. The highest BCUT2D eigenvalue weighted by atomic mass is 79.9. The lowest BCUT2D eigenvalue weighted by Crippen LogP contribution is -2.50. The third-order valence-corrected chi connectivity index (χ3v) is 5.77. The summed E-state index contributed by atoms with van der Waals surface area (Å²) in [4.78, 5) is 0.167. The molecule has 1 aliphatic heterocycles. The Bertz CT molecular complexity index is 582. The van der Waals surface area contributed by atoms with Gasteiger partial charge >= 0.3 is 0 Å². The number of sulfonamides is 1. The van der Waals surface area contributed by atoms with Gasteiger partial charge in [0.2, 0.25) is 10.0 Å². The van der Waals surface area contributed by atoms with E-state index in [4.69, 9.17) is 9.15 Å². The number of rotatable bonds is 4. The van der Waals surface area contributed by atoms with Gasteiger partial charge in [-0.25, -0.2) is 8.42 Å². The second-order valence-electron chi connectivity index (χ2n) is 5.33. The highest BCUT2D eigenvalue weighted by molar-refractivity contribution is 9.10. The summed E-state index contributed by atoms with van der Waals surface area (Å²) in [6.07, 6.45) is 0. The van der Waals surface area contributed by atoms with Crippen LogP contribution in [0.15, 0.2) is 20.0 Å². The zero-order valence-electron chi connectivity index (χ0n) is 11.8. The topological polar surface area (TPSA) is 71.8 Å². The fourth-order valence-electron chi connectivity index (χ4n) is 2.15. The van der Waals surface area contributed by atoms with Crippen molar-refractivity contribution in [2.75, 3.05) is 26.7 Å². The minimum Gasteiger partial charge on any atom is -0.452 e. The van der Waals surface area contributed by atoms with Crippen LogP contribution in [0.4, 0.5) is 0 Å². The van der Waals surface area contributed by atoms with Gasteiger partial charge in [0, 0.05) is 19.2 Å². The van der Waals surface area contributed by atoms with Crippen LogP contribution in [0.2, 0.25) is 0 Å².